The van der Waals surface area contributed by atoms with Crippen LogP contribution < -0.4 is 24.8 Å². The highest BCUT2D eigenvalue weighted by Crippen LogP contribution is 2.48. The van der Waals surface area contributed by atoms with Crippen molar-refractivity contribution in [2.75, 3.05) is 13.7 Å². The highest BCUT2D eigenvalue weighted by molar-refractivity contribution is 7.91. The Hall–Kier alpha value is -5.96. The molecule has 3 aliphatic rings. The van der Waals surface area contributed by atoms with Crippen molar-refractivity contribution in [2.24, 2.45) is 11.3 Å². The van der Waals surface area contributed by atoms with E-state index in [9.17, 15) is 32.7 Å². The van der Waals surface area contributed by atoms with Gasteiger partial charge in [-0.05, 0) is 48.8 Å². The van der Waals surface area contributed by atoms with E-state index >= 15 is 0 Å². The van der Waals surface area contributed by atoms with Crippen molar-refractivity contribution in [3.8, 4) is 22.8 Å². The van der Waals surface area contributed by atoms with Gasteiger partial charge in [0.15, 0.2) is 0 Å². The predicted molar refractivity (Wildman–Crippen MR) is 221 cm³/mol. The van der Waals surface area contributed by atoms with Crippen LogP contribution in [0.15, 0.2) is 97.6 Å². The van der Waals surface area contributed by atoms with E-state index < -0.39 is 73.6 Å². The molecule has 14 nitrogen and oxygen atoms in total. The Bertz CT molecular complexity index is 2400. The van der Waals surface area contributed by atoms with E-state index in [4.69, 9.17) is 14.5 Å². The zero-order valence-corrected chi connectivity index (χ0v) is 34.3. The fraction of sp³-hybridized carbons (Fsp3) is 0.386. The second-order valence-electron chi connectivity index (χ2n) is 16.8. The molecule has 0 bridgehead atoms. The largest absolute Gasteiger partial charge is 0.497 e. The summed E-state index contributed by atoms with van der Waals surface area (Å²) in [7, 11) is -2.62. The number of carboxylic acid groups (broad SMARTS) is 1. The second kappa shape index (κ2) is 15.7. The Morgan fingerprint density at radius 1 is 1.02 bits per heavy atom. The normalized spacial score (nSPS) is 22.4. The number of fused-ring (bicyclic) bond motifs is 1. The molecular formula is C44H49N5O9S. The molecule has 310 valence electrons. The molecule has 3 aromatic carbocycles. The lowest BCUT2D eigenvalue weighted by Crippen LogP contribution is -2.60. The molecule has 15 heteroatoms. The predicted octanol–water partition coefficient (Wildman–Crippen LogP) is 5.22. The summed E-state index contributed by atoms with van der Waals surface area (Å²) >= 11 is 0. The van der Waals surface area contributed by atoms with Crippen LogP contribution >= 0.6 is 0 Å². The van der Waals surface area contributed by atoms with Gasteiger partial charge < -0.3 is 30.1 Å². The molecule has 5 atom stereocenters. The number of pyridine rings is 1. The Morgan fingerprint density at radius 2 is 1.69 bits per heavy atom. The number of hydrogen-bond acceptors (Lipinski definition) is 9. The van der Waals surface area contributed by atoms with Gasteiger partial charge in [0.25, 0.3) is 5.91 Å². The third-order valence-electron chi connectivity index (χ3n) is 11.6. The van der Waals surface area contributed by atoms with Gasteiger partial charge in [0.05, 0.1) is 29.6 Å². The van der Waals surface area contributed by atoms with Crippen molar-refractivity contribution in [1.29, 1.82) is 0 Å². The average Bonchev–Trinajstić information content (AvgIpc) is 4.11. The van der Waals surface area contributed by atoms with Gasteiger partial charge in [0.1, 0.15) is 35.2 Å². The molecule has 4 amide bonds. The summed E-state index contributed by atoms with van der Waals surface area (Å²) in [6.45, 7) is 8.83. The highest BCUT2D eigenvalue weighted by atomic mass is 32.2. The van der Waals surface area contributed by atoms with Crippen LogP contribution in [0.5, 0.6) is 11.5 Å². The van der Waals surface area contributed by atoms with Gasteiger partial charge in [-0.1, -0.05) is 87.5 Å². The van der Waals surface area contributed by atoms with Gasteiger partial charge in [-0.2, -0.15) is 0 Å². The molecule has 5 unspecified atom stereocenters. The smallest absolute Gasteiger partial charge is 0.405 e. The topological polar surface area (TPSA) is 193 Å². The van der Waals surface area contributed by atoms with Gasteiger partial charge in [-0.15, -0.1) is 6.58 Å². The van der Waals surface area contributed by atoms with E-state index in [-0.39, 0.29) is 25.8 Å². The number of carbonyl (C=O) groups is 4. The van der Waals surface area contributed by atoms with E-state index in [1.165, 1.54) is 11.0 Å². The molecule has 7 rings (SSSR count). The summed E-state index contributed by atoms with van der Waals surface area (Å²) in [5.74, 6) is -1.83. The Balaban J connectivity index is 1.18. The van der Waals surface area contributed by atoms with Gasteiger partial charge in [-0.3, -0.25) is 19.1 Å². The molecule has 59 heavy (non-hydrogen) atoms. The standard InChI is InChI=1S/C44H49N5O9S/c1-6-29-25-44(29,40(52)48-59(55,56)43(19-20-43)24-27-13-9-7-10-14-27)47-38(50)35-22-31(26-49(35)39(51)37(42(2,3)4)46-41(53)54)58-36-23-33(28-15-11-8-12-16-28)45-34-21-30(57-5)17-18-32(34)36/h6-18,21,23,29,31,35,37,46H,1,19-20,22,24-26H2,2-5H3,(H,47,50)(H,48,52)(H,53,54). The third kappa shape index (κ3) is 8.33. The van der Waals surface area contributed by atoms with Crippen LogP contribution in [0.1, 0.15) is 52.0 Å². The van der Waals surface area contributed by atoms with Crippen LogP contribution in [0.25, 0.3) is 22.2 Å². The summed E-state index contributed by atoms with van der Waals surface area (Å²) in [4.78, 5) is 61.1. The number of ether oxygens (including phenoxy) is 2. The minimum atomic E-state index is -4.18. The van der Waals surface area contributed by atoms with Crippen molar-refractivity contribution >= 4 is 44.7 Å². The van der Waals surface area contributed by atoms with Crippen molar-refractivity contribution in [2.45, 2.75) is 81.3 Å². The fourth-order valence-corrected chi connectivity index (χ4v) is 9.60. The molecule has 3 fully saturated rings. The molecule has 1 aromatic heterocycles. The summed E-state index contributed by atoms with van der Waals surface area (Å²) in [6, 6.07) is 23.3. The zero-order valence-electron chi connectivity index (χ0n) is 33.4. The van der Waals surface area contributed by atoms with Gasteiger partial charge in [-0.25, -0.2) is 18.2 Å². The lowest BCUT2D eigenvalue weighted by atomic mass is 9.85. The van der Waals surface area contributed by atoms with Crippen LogP contribution in [-0.2, 0) is 30.8 Å². The van der Waals surface area contributed by atoms with E-state index in [0.717, 1.165) is 11.1 Å². The van der Waals surface area contributed by atoms with Gasteiger partial charge >= 0.3 is 6.09 Å². The molecule has 0 radical (unpaired) electrons. The van der Waals surface area contributed by atoms with Crippen molar-refractivity contribution < 1.29 is 42.2 Å². The Labute approximate surface area is 343 Å². The Kier molecular flexibility index (Phi) is 10.9. The number of aromatic nitrogens is 1. The van der Waals surface area contributed by atoms with Crippen molar-refractivity contribution in [3.05, 3.63) is 103 Å². The van der Waals surface area contributed by atoms with E-state index in [1.54, 1.807) is 46.1 Å². The summed E-state index contributed by atoms with van der Waals surface area (Å²) in [5.41, 5.74) is 0.308. The van der Waals surface area contributed by atoms with Crippen LogP contribution in [0.2, 0.25) is 0 Å². The highest BCUT2D eigenvalue weighted by Gasteiger charge is 2.63. The first-order valence-corrected chi connectivity index (χ1v) is 21.0. The molecule has 4 aromatic rings. The number of nitrogens with one attached hydrogen (secondary N) is 3. The monoisotopic (exact) mass is 823 g/mol. The summed E-state index contributed by atoms with van der Waals surface area (Å²) in [5, 5.41) is 15.5. The number of carbonyl (C=O) groups excluding carboxylic acids is 3. The molecular weight excluding hydrogens is 775 g/mol. The van der Waals surface area contributed by atoms with Crippen molar-refractivity contribution in [3.63, 3.8) is 0 Å². The van der Waals surface area contributed by atoms with Crippen LogP contribution in [0, 0.1) is 11.3 Å². The molecule has 1 saturated heterocycles. The molecule has 2 heterocycles. The van der Waals surface area contributed by atoms with E-state index in [1.807, 2.05) is 66.7 Å². The van der Waals surface area contributed by atoms with Gasteiger partial charge in [0, 0.05) is 35.4 Å². The second-order valence-corrected chi connectivity index (χ2v) is 18.8. The van der Waals surface area contributed by atoms with Crippen LogP contribution in [0.4, 0.5) is 4.79 Å². The minimum Gasteiger partial charge on any atom is -0.497 e. The van der Waals surface area contributed by atoms with E-state index in [0.29, 0.717) is 40.9 Å². The maximum absolute atomic E-state index is 14.5. The van der Waals surface area contributed by atoms with Crippen LogP contribution in [0.3, 0.4) is 0 Å². The fourth-order valence-electron chi connectivity index (χ4n) is 7.96. The number of benzene rings is 3. The maximum Gasteiger partial charge on any atom is 0.405 e. The number of amides is 4. The Morgan fingerprint density at radius 3 is 2.29 bits per heavy atom. The number of nitrogens with zero attached hydrogens (tertiary/aromatic N) is 2. The molecule has 2 saturated carbocycles. The average molecular weight is 824 g/mol. The molecule has 4 N–H and O–H groups in total. The van der Waals surface area contributed by atoms with Crippen LogP contribution in [-0.4, -0.2) is 89.4 Å². The van der Waals surface area contributed by atoms with Crippen molar-refractivity contribution in [1.82, 2.24) is 25.2 Å². The first-order chi connectivity index (χ1) is 28.0. The third-order valence-corrected chi connectivity index (χ3v) is 13.7. The molecule has 0 spiro atoms. The number of methoxy groups -OCH3 is 1. The lowest BCUT2D eigenvalue weighted by molar-refractivity contribution is -0.142. The quantitative estimate of drug-likeness (QED) is 0.123. The number of rotatable bonds is 14. The minimum absolute atomic E-state index is 0.0307. The summed E-state index contributed by atoms with van der Waals surface area (Å²) in [6.07, 6.45) is 0.350. The maximum atomic E-state index is 14.5. The molecule has 1 aliphatic heterocycles. The number of sulfonamides is 1. The first-order valence-electron chi connectivity index (χ1n) is 19.6. The zero-order chi connectivity index (χ0) is 42.3. The molecule has 2 aliphatic carbocycles. The van der Waals surface area contributed by atoms with E-state index in [2.05, 4.69) is 21.9 Å². The van der Waals surface area contributed by atoms with Gasteiger partial charge in [0.2, 0.25) is 21.8 Å². The number of likely N-dealkylation sites (tertiary alicyclic amines) is 1. The lowest BCUT2D eigenvalue weighted by Gasteiger charge is -2.35. The summed E-state index contributed by atoms with van der Waals surface area (Å²) < 4.78 is 40.8. The first kappa shape index (κ1) is 41.2. The SMILES string of the molecule is C=CC1CC1(NC(=O)C1CC(Oc2cc(-c3ccccc3)nc3cc(OC)ccc23)CN1C(=O)C(NC(=O)O)C(C)(C)C)C(=O)NS(=O)(=O)C1(Cc2ccccc2)CC1. The number of hydrogen-bond donors (Lipinski definition) is 4.